The first-order valence-corrected chi connectivity index (χ1v) is 9.84. The van der Waals surface area contributed by atoms with Crippen molar-refractivity contribution in [2.75, 3.05) is 19.6 Å². The Morgan fingerprint density at radius 1 is 0.903 bits per heavy atom. The van der Waals surface area contributed by atoms with E-state index in [9.17, 15) is 27.6 Å². The molecule has 6 nitrogen and oxygen atoms in total. The molecule has 9 heteroatoms. The molecular weight excluding hydrogens is 411 g/mol. The Morgan fingerprint density at radius 3 is 2.16 bits per heavy atom. The van der Waals surface area contributed by atoms with E-state index in [1.165, 1.54) is 12.1 Å². The van der Waals surface area contributed by atoms with E-state index in [0.717, 1.165) is 12.1 Å². The zero-order valence-electron chi connectivity index (χ0n) is 16.6. The van der Waals surface area contributed by atoms with Gasteiger partial charge in [-0.1, -0.05) is 30.3 Å². The largest absolute Gasteiger partial charge is 0.417 e. The Morgan fingerprint density at radius 2 is 1.52 bits per heavy atom. The molecule has 0 spiro atoms. The van der Waals surface area contributed by atoms with E-state index in [2.05, 4.69) is 10.6 Å². The van der Waals surface area contributed by atoms with Crippen molar-refractivity contribution < 1.29 is 27.6 Å². The third-order valence-electron chi connectivity index (χ3n) is 5.10. The van der Waals surface area contributed by atoms with Crippen LogP contribution in [0.25, 0.3) is 0 Å². The predicted octanol–water partition coefficient (Wildman–Crippen LogP) is 2.86. The Kier molecular flexibility index (Phi) is 6.94. The average Bonchev–Trinajstić information content (AvgIpc) is 2.77. The lowest BCUT2D eigenvalue weighted by atomic mass is 10.0. The molecule has 1 aliphatic rings. The number of benzene rings is 2. The van der Waals surface area contributed by atoms with Crippen LogP contribution in [0, 0.1) is 0 Å². The maximum Gasteiger partial charge on any atom is 0.417 e. The molecule has 0 bridgehead atoms. The zero-order chi connectivity index (χ0) is 22.4. The molecule has 164 valence electrons. The van der Waals surface area contributed by atoms with Crippen LogP contribution >= 0.6 is 0 Å². The smallest absolute Gasteiger partial charge is 0.349 e. The molecular formula is C22H22F3N3O3. The van der Waals surface area contributed by atoms with Gasteiger partial charge in [0.25, 0.3) is 11.8 Å². The van der Waals surface area contributed by atoms with Crippen LogP contribution in [0.3, 0.4) is 0 Å². The van der Waals surface area contributed by atoms with E-state index in [0.29, 0.717) is 31.5 Å². The summed E-state index contributed by atoms with van der Waals surface area (Å²) in [6.07, 6.45) is -3.79. The molecule has 0 aromatic heterocycles. The molecule has 31 heavy (non-hydrogen) atoms. The second kappa shape index (κ2) is 9.63. The molecule has 2 aromatic carbocycles. The second-order valence-electron chi connectivity index (χ2n) is 7.22. The first kappa shape index (κ1) is 22.3. The van der Waals surface area contributed by atoms with Gasteiger partial charge < -0.3 is 15.5 Å². The lowest BCUT2D eigenvalue weighted by Crippen LogP contribution is -2.49. The van der Waals surface area contributed by atoms with Crippen molar-refractivity contribution in [2.24, 2.45) is 0 Å². The number of alkyl halides is 3. The number of amides is 3. The summed E-state index contributed by atoms with van der Waals surface area (Å²) in [7, 11) is 0. The highest BCUT2D eigenvalue weighted by Crippen LogP contribution is 2.31. The van der Waals surface area contributed by atoms with Gasteiger partial charge in [0.15, 0.2) is 0 Å². The van der Waals surface area contributed by atoms with Crippen LogP contribution in [0.5, 0.6) is 0 Å². The number of carbonyl (C=O) groups excluding carboxylic acids is 3. The average molecular weight is 433 g/mol. The van der Waals surface area contributed by atoms with Gasteiger partial charge in [-0.25, -0.2) is 0 Å². The van der Waals surface area contributed by atoms with E-state index in [1.807, 2.05) is 0 Å². The van der Waals surface area contributed by atoms with E-state index < -0.39 is 23.2 Å². The first-order valence-electron chi connectivity index (χ1n) is 9.84. The van der Waals surface area contributed by atoms with Crippen LogP contribution in [0.1, 0.15) is 39.1 Å². The van der Waals surface area contributed by atoms with Gasteiger partial charge in [0.05, 0.1) is 17.7 Å². The summed E-state index contributed by atoms with van der Waals surface area (Å²) in [6.45, 7) is 0.529. The normalized spacial score (nSPS) is 14.7. The predicted molar refractivity (Wildman–Crippen MR) is 107 cm³/mol. The second-order valence-corrected chi connectivity index (χ2v) is 7.22. The van der Waals surface area contributed by atoms with E-state index in [1.54, 1.807) is 35.2 Å². The summed E-state index contributed by atoms with van der Waals surface area (Å²) in [4.78, 5) is 38.3. The maximum atomic E-state index is 13.1. The van der Waals surface area contributed by atoms with Crippen LogP contribution in [-0.2, 0) is 11.0 Å². The van der Waals surface area contributed by atoms with Gasteiger partial charge in [0, 0.05) is 24.7 Å². The third-order valence-corrected chi connectivity index (χ3v) is 5.10. The minimum atomic E-state index is -4.62. The number of hydrogen-bond acceptors (Lipinski definition) is 3. The highest BCUT2D eigenvalue weighted by Gasteiger charge is 2.35. The quantitative estimate of drug-likeness (QED) is 0.761. The minimum absolute atomic E-state index is 0.149. The van der Waals surface area contributed by atoms with Gasteiger partial charge in [-0.3, -0.25) is 14.4 Å². The number of likely N-dealkylation sites (tertiary alicyclic amines) is 1. The maximum absolute atomic E-state index is 13.1. The standard InChI is InChI=1S/C22H22F3N3O3/c23-22(24,25)18-9-5-4-8-17(18)21(31)27-16-10-12-28(13-11-16)19(29)14-26-20(30)15-6-2-1-3-7-15/h1-9,16H,10-14H2,(H,26,30)(H,27,31). The van der Waals surface area contributed by atoms with E-state index >= 15 is 0 Å². The van der Waals surface area contributed by atoms with Crippen molar-refractivity contribution in [1.29, 1.82) is 0 Å². The molecule has 0 radical (unpaired) electrons. The fourth-order valence-corrected chi connectivity index (χ4v) is 3.42. The van der Waals surface area contributed by atoms with Gasteiger partial charge in [0.1, 0.15) is 0 Å². The van der Waals surface area contributed by atoms with Crippen molar-refractivity contribution in [3.8, 4) is 0 Å². The van der Waals surface area contributed by atoms with Crippen LogP contribution in [-0.4, -0.2) is 48.3 Å². The fraction of sp³-hybridized carbons (Fsp3) is 0.318. The van der Waals surface area contributed by atoms with Crippen molar-refractivity contribution in [3.05, 3.63) is 71.3 Å². The summed E-state index contributed by atoms with van der Waals surface area (Å²) < 4.78 is 39.3. The van der Waals surface area contributed by atoms with Crippen LogP contribution in [0.15, 0.2) is 54.6 Å². The highest BCUT2D eigenvalue weighted by molar-refractivity contribution is 5.97. The van der Waals surface area contributed by atoms with Gasteiger partial charge in [-0.05, 0) is 37.1 Å². The molecule has 2 aromatic rings. The molecule has 3 amide bonds. The molecule has 2 N–H and O–H groups in total. The van der Waals surface area contributed by atoms with Crippen molar-refractivity contribution >= 4 is 17.7 Å². The molecule has 0 aliphatic carbocycles. The van der Waals surface area contributed by atoms with Crippen LogP contribution < -0.4 is 10.6 Å². The Bertz CT molecular complexity index is 940. The number of piperidine rings is 1. The summed E-state index contributed by atoms with van der Waals surface area (Å²) in [5.41, 5.74) is -0.942. The topological polar surface area (TPSA) is 78.5 Å². The van der Waals surface area contributed by atoms with E-state index in [4.69, 9.17) is 0 Å². The zero-order valence-corrected chi connectivity index (χ0v) is 16.6. The van der Waals surface area contributed by atoms with Gasteiger partial charge in [0.2, 0.25) is 5.91 Å². The third kappa shape index (κ3) is 5.84. The lowest BCUT2D eigenvalue weighted by Gasteiger charge is -2.32. The molecule has 1 heterocycles. The van der Waals surface area contributed by atoms with Crippen LogP contribution in [0.4, 0.5) is 13.2 Å². The van der Waals surface area contributed by atoms with Crippen molar-refractivity contribution in [1.82, 2.24) is 15.5 Å². The molecule has 0 unspecified atom stereocenters. The number of nitrogens with zero attached hydrogens (tertiary/aromatic N) is 1. The monoisotopic (exact) mass is 433 g/mol. The molecule has 1 fully saturated rings. The van der Waals surface area contributed by atoms with Gasteiger partial charge in [-0.2, -0.15) is 13.2 Å². The van der Waals surface area contributed by atoms with Crippen molar-refractivity contribution in [3.63, 3.8) is 0 Å². The first-order chi connectivity index (χ1) is 14.8. The Hall–Kier alpha value is -3.36. The summed E-state index contributed by atoms with van der Waals surface area (Å²) in [6, 6.07) is 12.8. The van der Waals surface area contributed by atoms with Crippen LogP contribution in [0.2, 0.25) is 0 Å². The summed E-state index contributed by atoms with van der Waals surface area (Å²) in [5.74, 6) is -1.39. The van der Waals surface area contributed by atoms with Gasteiger partial charge >= 0.3 is 6.18 Å². The van der Waals surface area contributed by atoms with E-state index in [-0.39, 0.29) is 24.4 Å². The lowest BCUT2D eigenvalue weighted by molar-refractivity contribution is -0.138. The Balaban J connectivity index is 1.48. The SMILES string of the molecule is O=C(NCC(=O)N1CCC(NC(=O)c2ccccc2C(F)(F)F)CC1)c1ccccc1. The summed E-state index contributed by atoms with van der Waals surface area (Å²) in [5, 5.41) is 5.21. The molecule has 0 atom stereocenters. The molecule has 3 rings (SSSR count). The summed E-state index contributed by atoms with van der Waals surface area (Å²) >= 11 is 0. The number of carbonyl (C=O) groups is 3. The number of rotatable bonds is 5. The van der Waals surface area contributed by atoms with Crippen molar-refractivity contribution in [2.45, 2.75) is 25.1 Å². The number of halogens is 3. The molecule has 0 saturated carbocycles. The number of nitrogens with one attached hydrogen (secondary N) is 2. The number of hydrogen-bond donors (Lipinski definition) is 2. The fourth-order valence-electron chi connectivity index (χ4n) is 3.42. The minimum Gasteiger partial charge on any atom is -0.349 e. The Labute approximate surface area is 177 Å². The highest BCUT2D eigenvalue weighted by atomic mass is 19.4. The van der Waals surface area contributed by atoms with Gasteiger partial charge in [-0.15, -0.1) is 0 Å². The molecule has 1 aliphatic heterocycles. The molecule has 1 saturated heterocycles.